The highest BCUT2D eigenvalue weighted by Crippen LogP contribution is 1.97. The molecule has 16 heavy (non-hydrogen) atoms. The number of allylic oxidation sites excluding steroid dienone is 6. The molecule has 0 rings (SSSR count). The Morgan fingerprint density at radius 3 is 1.06 bits per heavy atom. The van der Waals surface area contributed by atoms with E-state index in [0.717, 1.165) is 12.8 Å². The van der Waals surface area contributed by atoms with Gasteiger partial charge in [-0.25, -0.2) is 0 Å². The summed E-state index contributed by atoms with van der Waals surface area (Å²) < 4.78 is 0. The second-order valence-corrected chi connectivity index (χ2v) is 3.51. The molecule has 0 heteroatoms. The molecule has 0 aromatic heterocycles. The van der Waals surface area contributed by atoms with Gasteiger partial charge >= 0.3 is 0 Å². The monoisotopic (exact) mass is 228 g/mol. The fourth-order valence-electron chi connectivity index (χ4n) is 0.800. The van der Waals surface area contributed by atoms with Crippen LogP contribution in [0.5, 0.6) is 0 Å². The van der Waals surface area contributed by atoms with Crippen molar-refractivity contribution in [1.29, 1.82) is 0 Å². The first-order valence-electron chi connectivity index (χ1n) is 4.54. The second kappa shape index (κ2) is 19.7. The van der Waals surface area contributed by atoms with Crippen molar-refractivity contribution >= 4 is 0 Å². The van der Waals surface area contributed by atoms with Crippen LogP contribution in [0.1, 0.15) is 70.2 Å². The Hall–Kier alpha value is -0.780. The molecule has 0 aliphatic rings. The van der Waals surface area contributed by atoms with E-state index in [1.54, 1.807) is 0 Å². The van der Waals surface area contributed by atoms with Gasteiger partial charge < -0.3 is 0 Å². The molecule has 0 aromatic rings. The average molecular weight is 228 g/mol. The van der Waals surface area contributed by atoms with E-state index in [-0.39, 0.29) is 29.7 Å². The van der Waals surface area contributed by atoms with Crippen molar-refractivity contribution in [2.75, 3.05) is 0 Å². The van der Waals surface area contributed by atoms with Gasteiger partial charge in [-0.1, -0.05) is 65.2 Å². The van der Waals surface area contributed by atoms with Crippen molar-refractivity contribution in [3.8, 4) is 0 Å². The van der Waals surface area contributed by atoms with E-state index < -0.39 is 0 Å². The maximum absolute atomic E-state index is 2.24. The largest absolute Gasteiger partial charge is 0.0844 e. The molecule has 0 aromatic carbocycles. The summed E-state index contributed by atoms with van der Waals surface area (Å²) in [6, 6.07) is 0. The Balaban J connectivity index is -0.000000101. The van der Waals surface area contributed by atoms with E-state index in [1.165, 1.54) is 11.1 Å². The molecular weight excluding hydrogens is 192 g/mol. The molecule has 0 nitrogen and oxygen atoms in total. The summed E-state index contributed by atoms with van der Waals surface area (Å²) in [6.45, 7) is 8.52. The maximum atomic E-state index is 2.24. The van der Waals surface area contributed by atoms with Crippen molar-refractivity contribution in [2.45, 2.75) is 70.2 Å². The molecule has 0 amide bonds. The molecule has 0 saturated heterocycles. The summed E-state index contributed by atoms with van der Waals surface area (Å²) in [6.07, 6.45) is 11.0. The molecule has 0 aliphatic heterocycles. The SMILES string of the molecule is C.C.C.C.CC(C)=CCC=CCC=C(C)C. The summed E-state index contributed by atoms with van der Waals surface area (Å²) in [5, 5.41) is 0. The topological polar surface area (TPSA) is 0 Å². The van der Waals surface area contributed by atoms with E-state index in [4.69, 9.17) is 0 Å². The maximum Gasteiger partial charge on any atom is -0.0167 e. The van der Waals surface area contributed by atoms with Crippen LogP contribution in [-0.2, 0) is 0 Å². The highest BCUT2D eigenvalue weighted by atomic mass is 13.8. The van der Waals surface area contributed by atoms with Crippen LogP contribution in [-0.4, -0.2) is 0 Å². The van der Waals surface area contributed by atoms with Gasteiger partial charge in [-0.3, -0.25) is 0 Å². The molecule has 0 heterocycles. The van der Waals surface area contributed by atoms with Gasteiger partial charge in [-0.2, -0.15) is 0 Å². The Labute approximate surface area is 106 Å². The third kappa shape index (κ3) is 29.2. The van der Waals surface area contributed by atoms with Crippen LogP contribution in [0.4, 0.5) is 0 Å². The molecule has 0 atom stereocenters. The van der Waals surface area contributed by atoms with Gasteiger partial charge in [0.15, 0.2) is 0 Å². The molecule has 100 valence electrons. The lowest BCUT2D eigenvalue weighted by Gasteiger charge is -1.87. The predicted molar refractivity (Wildman–Crippen MR) is 84.2 cm³/mol. The van der Waals surface area contributed by atoms with Gasteiger partial charge in [-0.15, -0.1) is 0 Å². The third-order valence-electron chi connectivity index (χ3n) is 1.49. The lowest BCUT2D eigenvalue weighted by Crippen LogP contribution is -1.66. The molecule has 0 radical (unpaired) electrons. The summed E-state index contributed by atoms with van der Waals surface area (Å²) in [4.78, 5) is 0. The zero-order chi connectivity index (χ0) is 9.40. The molecule has 0 saturated carbocycles. The normalized spacial score (nSPS) is 7.50. The fraction of sp³-hybridized carbons (Fsp3) is 0.625. The van der Waals surface area contributed by atoms with Crippen molar-refractivity contribution < 1.29 is 0 Å². The van der Waals surface area contributed by atoms with E-state index in [2.05, 4.69) is 52.0 Å². The Bertz CT molecular complexity index is 162. The van der Waals surface area contributed by atoms with Crippen molar-refractivity contribution in [3.63, 3.8) is 0 Å². The zero-order valence-corrected chi connectivity index (χ0v) is 8.72. The molecule has 0 spiro atoms. The third-order valence-corrected chi connectivity index (χ3v) is 1.49. The standard InChI is InChI=1S/C12H20.4CH4/c1-11(2)9-7-5-6-8-10-12(3)4;;;;/h5-6,9-10H,7-8H2,1-4H3;4*1H4. The Kier molecular flexibility index (Phi) is 36.4. The molecule has 0 aliphatic carbocycles. The van der Waals surface area contributed by atoms with Gasteiger partial charge in [0.1, 0.15) is 0 Å². The van der Waals surface area contributed by atoms with Gasteiger partial charge in [0, 0.05) is 0 Å². The van der Waals surface area contributed by atoms with E-state index in [1.807, 2.05) is 0 Å². The van der Waals surface area contributed by atoms with Gasteiger partial charge in [0.2, 0.25) is 0 Å². The Morgan fingerprint density at radius 1 is 0.625 bits per heavy atom. The van der Waals surface area contributed by atoms with Crippen LogP contribution in [0.25, 0.3) is 0 Å². The summed E-state index contributed by atoms with van der Waals surface area (Å²) >= 11 is 0. The first-order valence-corrected chi connectivity index (χ1v) is 4.54. The lowest BCUT2D eigenvalue weighted by molar-refractivity contribution is 1.23. The number of hydrogen-bond donors (Lipinski definition) is 0. The molecule has 0 unspecified atom stereocenters. The van der Waals surface area contributed by atoms with Gasteiger partial charge in [0.05, 0.1) is 0 Å². The van der Waals surface area contributed by atoms with Crippen LogP contribution >= 0.6 is 0 Å². The van der Waals surface area contributed by atoms with Crippen LogP contribution in [0.15, 0.2) is 35.5 Å². The van der Waals surface area contributed by atoms with Gasteiger partial charge in [0.25, 0.3) is 0 Å². The van der Waals surface area contributed by atoms with Crippen molar-refractivity contribution in [2.24, 2.45) is 0 Å². The number of hydrogen-bond acceptors (Lipinski definition) is 0. The van der Waals surface area contributed by atoms with E-state index in [0.29, 0.717) is 0 Å². The van der Waals surface area contributed by atoms with E-state index in [9.17, 15) is 0 Å². The molecular formula is C16H36. The highest BCUT2D eigenvalue weighted by Gasteiger charge is 1.76. The average Bonchev–Trinajstić information content (AvgIpc) is 1.95. The van der Waals surface area contributed by atoms with Crippen LogP contribution in [0, 0.1) is 0 Å². The first-order chi connectivity index (χ1) is 5.63. The van der Waals surface area contributed by atoms with Crippen molar-refractivity contribution in [3.05, 3.63) is 35.5 Å². The molecule has 0 N–H and O–H groups in total. The van der Waals surface area contributed by atoms with Gasteiger partial charge in [-0.05, 0) is 40.5 Å². The van der Waals surface area contributed by atoms with Crippen LogP contribution in [0.3, 0.4) is 0 Å². The Morgan fingerprint density at radius 2 is 0.875 bits per heavy atom. The summed E-state index contributed by atoms with van der Waals surface area (Å²) in [7, 11) is 0. The first kappa shape index (κ1) is 29.5. The van der Waals surface area contributed by atoms with Crippen molar-refractivity contribution in [1.82, 2.24) is 0 Å². The predicted octanol–water partition coefficient (Wildman–Crippen LogP) is 6.80. The smallest absolute Gasteiger partial charge is 0.0167 e. The minimum Gasteiger partial charge on any atom is -0.0844 e. The lowest BCUT2D eigenvalue weighted by atomic mass is 10.2. The van der Waals surface area contributed by atoms with Crippen LogP contribution in [0.2, 0.25) is 0 Å². The quantitative estimate of drug-likeness (QED) is 0.464. The molecule has 0 bridgehead atoms. The zero-order valence-electron chi connectivity index (χ0n) is 8.72. The number of rotatable bonds is 4. The minimum atomic E-state index is 0. The van der Waals surface area contributed by atoms with E-state index >= 15 is 0 Å². The second-order valence-electron chi connectivity index (χ2n) is 3.51. The highest BCUT2D eigenvalue weighted by molar-refractivity contribution is 5.02. The molecule has 0 fully saturated rings. The van der Waals surface area contributed by atoms with Crippen LogP contribution < -0.4 is 0 Å². The fourth-order valence-corrected chi connectivity index (χ4v) is 0.800. The summed E-state index contributed by atoms with van der Waals surface area (Å²) in [5.41, 5.74) is 2.78. The summed E-state index contributed by atoms with van der Waals surface area (Å²) in [5.74, 6) is 0. The minimum absolute atomic E-state index is 0.